The number of carbonyl (C=O) groups is 2. The highest BCUT2D eigenvalue weighted by Crippen LogP contribution is 2.31. The number of aromatic nitrogens is 2. The number of nitrogens with zero attached hydrogens (tertiary/aromatic N) is 2. The molecule has 3 rings (SSSR count). The maximum absolute atomic E-state index is 12.9. The van der Waals surface area contributed by atoms with Crippen LogP contribution in [0.15, 0.2) is 0 Å². The van der Waals surface area contributed by atoms with E-state index in [0.29, 0.717) is 31.2 Å². The van der Waals surface area contributed by atoms with E-state index < -0.39 is 0 Å². The molecule has 2 atom stereocenters. The molecule has 2 aliphatic rings. The number of piperidine rings is 1. The largest absolute Gasteiger partial charge is 0.369 e. The van der Waals surface area contributed by atoms with E-state index in [9.17, 15) is 9.59 Å². The van der Waals surface area contributed by atoms with Crippen molar-refractivity contribution in [2.24, 2.45) is 5.92 Å². The fourth-order valence-corrected chi connectivity index (χ4v) is 3.63. The Kier molecular flexibility index (Phi) is 4.89. The zero-order valence-electron chi connectivity index (χ0n) is 14.6. The molecule has 0 bridgehead atoms. The molecule has 2 aliphatic heterocycles. The van der Waals surface area contributed by atoms with Crippen LogP contribution in [0.4, 0.5) is 0 Å². The van der Waals surface area contributed by atoms with E-state index in [1.54, 1.807) is 0 Å². The average molecular weight is 334 g/mol. The van der Waals surface area contributed by atoms with E-state index in [2.05, 4.69) is 15.5 Å². The molecule has 3 heterocycles. The zero-order chi connectivity index (χ0) is 17.3. The number of hydrogen-bond donors (Lipinski definition) is 2. The number of H-pyrrole nitrogens is 1. The Morgan fingerprint density at radius 2 is 2.04 bits per heavy atom. The summed E-state index contributed by atoms with van der Waals surface area (Å²) in [5, 5.41) is 10.1. The molecule has 0 aliphatic carbocycles. The lowest BCUT2D eigenvalue weighted by Crippen LogP contribution is -2.41. The monoisotopic (exact) mass is 334 g/mol. The van der Waals surface area contributed by atoms with Gasteiger partial charge >= 0.3 is 0 Å². The lowest BCUT2D eigenvalue weighted by Gasteiger charge is -2.32. The predicted molar refractivity (Wildman–Crippen MR) is 88.6 cm³/mol. The highest BCUT2D eigenvalue weighted by Gasteiger charge is 2.32. The Morgan fingerprint density at radius 3 is 2.71 bits per heavy atom. The molecule has 2 N–H and O–H groups in total. The number of nitrogens with one attached hydrogen (secondary N) is 2. The Bertz CT molecular complexity index is 619. The number of amides is 2. The maximum atomic E-state index is 12.9. The average Bonchev–Trinajstić information content (AvgIpc) is 2.96. The minimum absolute atomic E-state index is 0.00196. The molecular formula is C17H26N4O3. The van der Waals surface area contributed by atoms with Gasteiger partial charge in [-0.05, 0) is 32.6 Å². The highest BCUT2D eigenvalue weighted by molar-refractivity contribution is 5.94. The van der Waals surface area contributed by atoms with Gasteiger partial charge in [0.2, 0.25) is 5.91 Å². The van der Waals surface area contributed by atoms with E-state index in [1.165, 1.54) is 6.92 Å². The number of aromatic amines is 1. The standard InChI is InChI=1S/C17H26N4O3/c1-10-8-14-15(11(2)24-10)19-20-16(14)17(23)21-6-4-13(5-7-21)9-18-12(3)22/h10-11,13H,4-9H2,1-3H3,(H,18,22)(H,19,20)/t10-,11+/m1/s1. The van der Waals surface area contributed by atoms with Crippen molar-refractivity contribution in [3.8, 4) is 0 Å². The maximum Gasteiger partial charge on any atom is 0.274 e. The Morgan fingerprint density at radius 1 is 1.33 bits per heavy atom. The second-order valence-corrected chi connectivity index (χ2v) is 6.93. The zero-order valence-corrected chi connectivity index (χ0v) is 14.6. The van der Waals surface area contributed by atoms with Crippen LogP contribution >= 0.6 is 0 Å². The summed E-state index contributed by atoms with van der Waals surface area (Å²) in [5.74, 6) is 0.452. The van der Waals surface area contributed by atoms with Gasteiger partial charge in [-0.25, -0.2) is 0 Å². The van der Waals surface area contributed by atoms with Crippen molar-refractivity contribution in [3.05, 3.63) is 17.0 Å². The van der Waals surface area contributed by atoms with Crippen LogP contribution in [0.5, 0.6) is 0 Å². The van der Waals surface area contributed by atoms with Gasteiger partial charge in [0.25, 0.3) is 5.91 Å². The molecule has 0 saturated carbocycles. The van der Waals surface area contributed by atoms with E-state index in [0.717, 1.165) is 30.5 Å². The predicted octanol–water partition coefficient (Wildman–Crippen LogP) is 1.42. The lowest BCUT2D eigenvalue weighted by molar-refractivity contribution is -0.119. The van der Waals surface area contributed by atoms with Gasteiger partial charge in [0.05, 0.1) is 17.9 Å². The molecule has 2 amide bonds. The summed E-state index contributed by atoms with van der Waals surface area (Å²) in [6.45, 7) is 7.66. The molecule has 24 heavy (non-hydrogen) atoms. The Hall–Kier alpha value is -1.89. The minimum Gasteiger partial charge on any atom is -0.369 e. The number of likely N-dealkylation sites (tertiary alicyclic amines) is 1. The third-order valence-electron chi connectivity index (χ3n) is 4.98. The SMILES string of the molecule is CC(=O)NCC1CCN(C(=O)c2n[nH]c3c2C[C@@H](C)O[C@H]3C)CC1. The Labute approximate surface area is 142 Å². The number of rotatable bonds is 3. The second kappa shape index (κ2) is 6.93. The van der Waals surface area contributed by atoms with Crippen LogP contribution in [-0.2, 0) is 16.0 Å². The van der Waals surface area contributed by atoms with E-state index in [-0.39, 0.29) is 24.0 Å². The summed E-state index contributed by atoms with van der Waals surface area (Å²) in [5.41, 5.74) is 2.48. The molecule has 0 aromatic carbocycles. The molecular weight excluding hydrogens is 308 g/mol. The molecule has 0 radical (unpaired) electrons. The van der Waals surface area contributed by atoms with Gasteiger partial charge in [0.15, 0.2) is 5.69 Å². The van der Waals surface area contributed by atoms with Crippen LogP contribution in [0.25, 0.3) is 0 Å². The first-order chi connectivity index (χ1) is 11.5. The molecule has 1 fully saturated rings. The number of fused-ring (bicyclic) bond motifs is 1. The summed E-state index contributed by atoms with van der Waals surface area (Å²) >= 11 is 0. The van der Waals surface area contributed by atoms with Crippen molar-refractivity contribution in [1.82, 2.24) is 20.4 Å². The summed E-state index contributed by atoms with van der Waals surface area (Å²) in [6, 6.07) is 0. The van der Waals surface area contributed by atoms with Gasteiger partial charge in [0, 0.05) is 38.5 Å². The summed E-state index contributed by atoms with van der Waals surface area (Å²) in [6.07, 6.45) is 2.58. The van der Waals surface area contributed by atoms with Crippen LogP contribution in [0.3, 0.4) is 0 Å². The van der Waals surface area contributed by atoms with Gasteiger partial charge in [-0.1, -0.05) is 0 Å². The van der Waals surface area contributed by atoms with Gasteiger partial charge < -0.3 is 15.0 Å². The molecule has 0 spiro atoms. The summed E-state index contributed by atoms with van der Waals surface area (Å²) < 4.78 is 5.78. The smallest absolute Gasteiger partial charge is 0.274 e. The first-order valence-corrected chi connectivity index (χ1v) is 8.72. The van der Waals surface area contributed by atoms with Crippen LogP contribution in [0, 0.1) is 5.92 Å². The van der Waals surface area contributed by atoms with Crippen molar-refractivity contribution in [3.63, 3.8) is 0 Å². The molecule has 1 aromatic heterocycles. The molecule has 132 valence electrons. The first-order valence-electron chi connectivity index (χ1n) is 8.72. The first kappa shape index (κ1) is 17.0. The normalized spacial score (nSPS) is 24.5. The van der Waals surface area contributed by atoms with E-state index >= 15 is 0 Å². The number of carbonyl (C=O) groups excluding carboxylic acids is 2. The van der Waals surface area contributed by atoms with E-state index in [4.69, 9.17) is 4.74 Å². The third kappa shape index (κ3) is 3.45. The fourth-order valence-electron chi connectivity index (χ4n) is 3.63. The summed E-state index contributed by atoms with van der Waals surface area (Å²) in [4.78, 5) is 25.7. The van der Waals surface area contributed by atoms with Crippen molar-refractivity contribution in [2.45, 2.75) is 52.2 Å². The van der Waals surface area contributed by atoms with Crippen molar-refractivity contribution in [1.29, 1.82) is 0 Å². The number of ether oxygens (including phenoxy) is 1. The van der Waals surface area contributed by atoms with Crippen molar-refractivity contribution < 1.29 is 14.3 Å². The minimum atomic E-state index is -0.0545. The van der Waals surface area contributed by atoms with Crippen LogP contribution < -0.4 is 5.32 Å². The van der Waals surface area contributed by atoms with Gasteiger partial charge in [-0.3, -0.25) is 14.7 Å². The van der Waals surface area contributed by atoms with Crippen molar-refractivity contribution >= 4 is 11.8 Å². The molecule has 7 heteroatoms. The molecule has 1 aromatic rings. The topological polar surface area (TPSA) is 87.3 Å². The second-order valence-electron chi connectivity index (χ2n) is 6.93. The van der Waals surface area contributed by atoms with Crippen molar-refractivity contribution in [2.75, 3.05) is 19.6 Å². The van der Waals surface area contributed by atoms with Crippen LogP contribution in [0.2, 0.25) is 0 Å². The number of hydrogen-bond acceptors (Lipinski definition) is 4. The fraction of sp³-hybridized carbons (Fsp3) is 0.706. The lowest BCUT2D eigenvalue weighted by atomic mass is 9.95. The summed E-state index contributed by atoms with van der Waals surface area (Å²) in [7, 11) is 0. The van der Waals surface area contributed by atoms with Crippen LogP contribution in [-0.4, -0.2) is 52.6 Å². The third-order valence-corrected chi connectivity index (χ3v) is 4.98. The van der Waals surface area contributed by atoms with E-state index in [1.807, 2.05) is 18.7 Å². The highest BCUT2D eigenvalue weighted by atomic mass is 16.5. The van der Waals surface area contributed by atoms with Gasteiger partial charge in [-0.2, -0.15) is 5.10 Å². The molecule has 7 nitrogen and oxygen atoms in total. The van der Waals surface area contributed by atoms with Gasteiger partial charge in [-0.15, -0.1) is 0 Å². The van der Waals surface area contributed by atoms with Crippen LogP contribution in [0.1, 0.15) is 61.5 Å². The molecule has 1 saturated heterocycles. The Balaban J connectivity index is 1.63. The van der Waals surface area contributed by atoms with Gasteiger partial charge in [0.1, 0.15) is 0 Å². The molecule has 0 unspecified atom stereocenters. The quantitative estimate of drug-likeness (QED) is 0.875.